The van der Waals surface area contributed by atoms with Crippen LogP contribution in [0.3, 0.4) is 0 Å². The van der Waals surface area contributed by atoms with Gasteiger partial charge >= 0.3 is 5.97 Å². The molecule has 5 nitrogen and oxygen atoms in total. The van der Waals surface area contributed by atoms with Crippen LogP contribution in [0.4, 0.5) is 0 Å². The van der Waals surface area contributed by atoms with Gasteiger partial charge in [0.1, 0.15) is 6.54 Å². The Hall–Kier alpha value is -2.17. The topological polar surface area (TPSA) is 72.2 Å². The maximum Gasteiger partial charge on any atom is 0.323 e. The van der Waals surface area contributed by atoms with Crippen molar-refractivity contribution in [3.8, 4) is 0 Å². The minimum absolute atomic E-state index is 0.288. The number of pyridine rings is 2. The summed E-state index contributed by atoms with van der Waals surface area (Å²) in [5, 5.41) is 9.15. The molecule has 0 bridgehead atoms. The van der Waals surface area contributed by atoms with Crippen molar-refractivity contribution in [3.63, 3.8) is 0 Å². The predicted molar refractivity (Wildman–Crippen MR) is 67.7 cm³/mol. The molecule has 5 heteroatoms. The fourth-order valence-electron chi connectivity index (χ4n) is 1.77. The number of carbonyl (C=O) groups is 1. The van der Waals surface area contributed by atoms with Crippen molar-refractivity contribution in [2.45, 2.75) is 26.3 Å². The van der Waals surface area contributed by atoms with Crippen LogP contribution in [0, 0.1) is 0 Å². The lowest BCUT2D eigenvalue weighted by atomic mass is 10.1. The van der Waals surface area contributed by atoms with Crippen LogP contribution < -0.4 is 5.56 Å². The highest BCUT2D eigenvalue weighted by Crippen LogP contribution is 2.15. The Kier molecular flexibility index (Phi) is 3.14. The van der Waals surface area contributed by atoms with Gasteiger partial charge in [0, 0.05) is 11.9 Å². The second-order valence-electron chi connectivity index (χ2n) is 4.47. The van der Waals surface area contributed by atoms with Crippen molar-refractivity contribution in [2.75, 3.05) is 0 Å². The highest BCUT2D eigenvalue weighted by Gasteiger charge is 2.08. The van der Waals surface area contributed by atoms with Crippen LogP contribution in [-0.2, 0) is 11.3 Å². The summed E-state index contributed by atoms with van der Waals surface area (Å²) in [6.07, 6.45) is 1.47. The fourth-order valence-corrected chi connectivity index (χ4v) is 1.77. The second kappa shape index (κ2) is 4.60. The van der Waals surface area contributed by atoms with Gasteiger partial charge in [0.25, 0.3) is 5.56 Å². The summed E-state index contributed by atoms with van der Waals surface area (Å²) in [7, 11) is 0. The van der Waals surface area contributed by atoms with Gasteiger partial charge in [0.05, 0.1) is 10.9 Å². The maximum absolute atomic E-state index is 12.0. The molecule has 0 aliphatic carbocycles. The number of aromatic nitrogens is 2. The zero-order valence-corrected chi connectivity index (χ0v) is 10.3. The van der Waals surface area contributed by atoms with Gasteiger partial charge in [0.15, 0.2) is 0 Å². The highest BCUT2D eigenvalue weighted by atomic mass is 16.4. The van der Waals surface area contributed by atoms with Gasteiger partial charge in [-0.3, -0.25) is 14.6 Å². The van der Waals surface area contributed by atoms with Crippen LogP contribution in [0.5, 0.6) is 0 Å². The van der Waals surface area contributed by atoms with Gasteiger partial charge < -0.3 is 9.67 Å². The minimum Gasteiger partial charge on any atom is -0.480 e. The molecule has 0 aromatic carbocycles. The first kappa shape index (κ1) is 12.3. The van der Waals surface area contributed by atoms with Crippen LogP contribution in [0.2, 0.25) is 0 Å². The molecule has 0 fully saturated rings. The third kappa shape index (κ3) is 2.25. The van der Waals surface area contributed by atoms with Crippen molar-refractivity contribution in [1.29, 1.82) is 0 Å². The zero-order valence-electron chi connectivity index (χ0n) is 10.3. The lowest BCUT2D eigenvalue weighted by Gasteiger charge is -2.07. The molecule has 0 aliphatic heterocycles. The Balaban J connectivity index is 2.59. The van der Waals surface area contributed by atoms with E-state index in [0.29, 0.717) is 10.9 Å². The number of rotatable bonds is 3. The molecule has 94 valence electrons. The van der Waals surface area contributed by atoms with E-state index in [9.17, 15) is 9.59 Å². The predicted octanol–water partition coefficient (Wildman–Crippen LogP) is 1.60. The van der Waals surface area contributed by atoms with E-state index in [1.165, 1.54) is 10.8 Å². The Morgan fingerprint density at radius 3 is 2.72 bits per heavy atom. The highest BCUT2D eigenvalue weighted by molar-refractivity contribution is 5.78. The van der Waals surface area contributed by atoms with Crippen molar-refractivity contribution < 1.29 is 9.90 Å². The van der Waals surface area contributed by atoms with E-state index in [0.717, 1.165) is 5.69 Å². The van der Waals surface area contributed by atoms with E-state index in [2.05, 4.69) is 4.98 Å². The van der Waals surface area contributed by atoms with Gasteiger partial charge in [-0.2, -0.15) is 0 Å². The third-order valence-electron chi connectivity index (χ3n) is 2.75. The average Bonchev–Trinajstić information content (AvgIpc) is 2.32. The Morgan fingerprint density at radius 1 is 1.39 bits per heavy atom. The molecule has 2 aromatic rings. The summed E-state index contributed by atoms with van der Waals surface area (Å²) in [6, 6.07) is 5.18. The molecular weight excluding hydrogens is 232 g/mol. The molecule has 0 atom stereocenters. The summed E-state index contributed by atoms with van der Waals surface area (Å²) in [5.74, 6) is -0.751. The van der Waals surface area contributed by atoms with Gasteiger partial charge in [-0.25, -0.2) is 0 Å². The monoisotopic (exact) mass is 246 g/mol. The molecule has 18 heavy (non-hydrogen) atoms. The Bertz CT molecular complexity index is 659. The number of carboxylic acids is 1. The third-order valence-corrected chi connectivity index (χ3v) is 2.75. The minimum atomic E-state index is -1.04. The quantitative estimate of drug-likeness (QED) is 0.892. The van der Waals surface area contributed by atoms with Crippen LogP contribution >= 0.6 is 0 Å². The molecule has 0 aliphatic rings. The number of carboxylic acid groups (broad SMARTS) is 1. The molecule has 0 saturated carbocycles. The van der Waals surface area contributed by atoms with Crippen LogP contribution in [-0.4, -0.2) is 20.6 Å². The number of hydrogen-bond acceptors (Lipinski definition) is 3. The molecule has 2 aromatic heterocycles. The summed E-state index contributed by atoms with van der Waals surface area (Å²) >= 11 is 0. The van der Waals surface area contributed by atoms with E-state index >= 15 is 0 Å². The summed E-state index contributed by atoms with van der Waals surface area (Å²) in [6.45, 7) is 3.72. The molecule has 0 saturated heterocycles. The second-order valence-corrected chi connectivity index (χ2v) is 4.47. The summed E-state index contributed by atoms with van der Waals surface area (Å²) in [5.41, 5.74) is 1.20. The Morgan fingerprint density at radius 2 is 2.11 bits per heavy atom. The average molecular weight is 246 g/mol. The first-order valence-electron chi connectivity index (χ1n) is 5.71. The van der Waals surface area contributed by atoms with Crippen molar-refractivity contribution in [2.24, 2.45) is 0 Å². The lowest BCUT2D eigenvalue weighted by molar-refractivity contribution is -0.137. The number of aliphatic carboxylic acids is 1. The van der Waals surface area contributed by atoms with E-state index in [4.69, 9.17) is 5.11 Å². The molecule has 0 unspecified atom stereocenters. The van der Waals surface area contributed by atoms with Gasteiger partial charge in [-0.15, -0.1) is 0 Å². The number of nitrogens with zero attached hydrogens (tertiary/aromatic N) is 2. The van der Waals surface area contributed by atoms with Crippen molar-refractivity contribution in [3.05, 3.63) is 40.4 Å². The van der Waals surface area contributed by atoms with Crippen LogP contribution in [0.25, 0.3) is 10.9 Å². The first-order valence-corrected chi connectivity index (χ1v) is 5.71. The summed E-state index contributed by atoms with van der Waals surface area (Å²) < 4.78 is 1.17. The fraction of sp³-hybridized carbons (Fsp3) is 0.308. The number of fused-ring (bicyclic) bond motifs is 1. The maximum atomic E-state index is 12.0. The lowest BCUT2D eigenvalue weighted by Crippen LogP contribution is -2.23. The first-order chi connectivity index (χ1) is 8.49. The molecule has 2 rings (SSSR count). The molecular formula is C13H14N2O3. The van der Waals surface area contributed by atoms with E-state index < -0.39 is 5.97 Å². The van der Waals surface area contributed by atoms with Gasteiger partial charge in [0.2, 0.25) is 0 Å². The van der Waals surface area contributed by atoms with Crippen LogP contribution in [0.15, 0.2) is 29.2 Å². The van der Waals surface area contributed by atoms with Gasteiger partial charge in [-0.1, -0.05) is 13.8 Å². The standard InChI is InChI=1S/C13H14N2O3/c1-8(2)10-4-3-9-11(14-10)5-6-15(13(9)18)7-12(16)17/h3-6,8H,7H2,1-2H3,(H,16,17). The zero-order chi connectivity index (χ0) is 13.3. The normalized spacial score (nSPS) is 11.1. The molecule has 1 N–H and O–H groups in total. The van der Waals surface area contributed by atoms with Crippen molar-refractivity contribution in [1.82, 2.24) is 9.55 Å². The van der Waals surface area contributed by atoms with E-state index in [-0.39, 0.29) is 18.0 Å². The number of hydrogen-bond donors (Lipinski definition) is 1. The van der Waals surface area contributed by atoms with E-state index in [1.54, 1.807) is 18.2 Å². The molecule has 0 amide bonds. The summed E-state index contributed by atoms with van der Waals surface area (Å²) in [4.78, 5) is 27.0. The van der Waals surface area contributed by atoms with E-state index in [1.807, 2.05) is 13.8 Å². The smallest absolute Gasteiger partial charge is 0.323 e. The largest absolute Gasteiger partial charge is 0.480 e. The molecule has 2 heterocycles. The SMILES string of the molecule is CC(C)c1ccc2c(=O)n(CC(=O)O)ccc2n1. The molecule has 0 spiro atoms. The van der Waals surface area contributed by atoms with Gasteiger partial charge in [-0.05, 0) is 24.1 Å². The van der Waals surface area contributed by atoms with Crippen LogP contribution in [0.1, 0.15) is 25.5 Å². The molecule has 0 radical (unpaired) electrons. The van der Waals surface area contributed by atoms with Crippen molar-refractivity contribution >= 4 is 16.9 Å². The Labute approximate surface area is 104 Å².